The maximum absolute atomic E-state index is 11.7. The maximum Gasteiger partial charge on any atom is 0.327 e. The van der Waals surface area contributed by atoms with Crippen LogP contribution in [0.25, 0.3) is 0 Å². The highest BCUT2D eigenvalue weighted by Crippen LogP contribution is 2.09. The van der Waals surface area contributed by atoms with Crippen LogP contribution < -0.4 is 0 Å². The van der Waals surface area contributed by atoms with Crippen molar-refractivity contribution >= 4 is 24.1 Å². The van der Waals surface area contributed by atoms with Crippen molar-refractivity contribution in [2.45, 2.75) is 0 Å². The molecule has 90 valence electrons. The van der Waals surface area contributed by atoms with Crippen molar-refractivity contribution in [3.05, 3.63) is 0 Å². The molecule has 17 heavy (non-hydrogen) atoms. The highest BCUT2D eigenvalue weighted by atomic mass is 16.2. The van der Waals surface area contributed by atoms with Gasteiger partial charge >= 0.3 is 6.03 Å². The van der Waals surface area contributed by atoms with E-state index in [4.69, 9.17) is 0 Å². The summed E-state index contributed by atoms with van der Waals surface area (Å²) in [7, 11) is 0. The summed E-state index contributed by atoms with van der Waals surface area (Å²) in [5, 5.41) is 0. The molecule has 0 radical (unpaired) electrons. The minimum atomic E-state index is -0.461. The molecule has 0 aromatic rings. The summed E-state index contributed by atoms with van der Waals surface area (Å²) in [5.41, 5.74) is 0. The third kappa shape index (κ3) is 3.34. The summed E-state index contributed by atoms with van der Waals surface area (Å²) in [6.45, 7) is 0.357. The van der Waals surface area contributed by atoms with Gasteiger partial charge in [0.05, 0.1) is 19.6 Å². The van der Waals surface area contributed by atoms with Crippen LogP contribution in [0.1, 0.15) is 0 Å². The van der Waals surface area contributed by atoms with E-state index in [0.29, 0.717) is 0 Å². The van der Waals surface area contributed by atoms with Crippen LogP contribution in [0.3, 0.4) is 0 Å². The van der Waals surface area contributed by atoms with Gasteiger partial charge in [-0.05, 0) is 0 Å². The normalized spacial score (nSPS) is 14.6. The Balaban J connectivity index is 2.52. The lowest BCUT2D eigenvalue weighted by Crippen LogP contribution is -2.35. The highest BCUT2D eigenvalue weighted by molar-refractivity contribution is 6.02. The summed E-state index contributed by atoms with van der Waals surface area (Å²) in [6, 6.07) is -0.461. The van der Waals surface area contributed by atoms with Gasteiger partial charge in [-0.2, -0.15) is 0 Å². The molecule has 0 unspecified atom stereocenters. The van der Waals surface area contributed by atoms with Crippen molar-refractivity contribution in [2.24, 2.45) is 9.98 Å². The Morgan fingerprint density at radius 1 is 1.06 bits per heavy atom. The Morgan fingerprint density at radius 3 is 2.24 bits per heavy atom. The third-order valence-electron chi connectivity index (χ3n) is 2.17. The smallest absolute Gasteiger partial charge is 0.313 e. The molecule has 1 rings (SSSR count). The molecule has 1 heterocycles. The van der Waals surface area contributed by atoms with Crippen molar-refractivity contribution < 1.29 is 19.2 Å². The number of imide groups is 1. The van der Waals surface area contributed by atoms with E-state index in [-0.39, 0.29) is 38.6 Å². The SMILES string of the molecule is O=C=NCCN1CC(=O)N(CCN=C=O)C1=O. The van der Waals surface area contributed by atoms with Gasteiger partial charge < -0.3 is 4.90 Å². The predicted octanol–water partition coefficient (Wildman–Crippen LogP) is -1.08. The second-order valence-corrected chi connectivity index (χ2v) is 3.20. The Morgan fingerprint density at radius 2 is 1.65 bits per heavy atom. The van der Waals surface area contributed by atoms with Crippen molar-refractivity contribution in [3.8, 4) is 0 Å². The molecular formula is C9H10N4O4. The van der Waals surface area contributed by atoms with Crippen LogP contribution in [-0.2, 0) is 14.4 Å². The summed E-state index contributed by atoms with van der Waals surface area (Å²) >= 11 is 0. The quantitative estimate of drug-likeness (QED) is 0.334. The van der Waals surface area contributed by atoms with E-state index >= 15 is 0 Å². The molecule has 0 aliphatic carbocycles. The van der Waals surface area contributed by atoms with E-state index in [1.165, 1.54) is 17.1 Å². The van der Waals surface area contributed by atoms with Crippen LogP contribution in [0, 0.1) is 0 Å². The van der Waals surface area contributed by atoms with Gasteiger partial charge in [0, 0.05) is 6.54 Å². The lowest BCUT2D eigenvalue weighted by molar-refractivity contribution is -0.125. The van der Waals surface area contributed by atoms with Crippen LogP contribution in [0.15, 0.2) is 9.98 Å². The number of aliphatic imine (C=N–C) groups is 2. The standard InChI is InChI=1S/C9H10N4O4/c14-6-10-1-3-12-5-8(16)13(9(12)17)4-2-11-7-15/h1-5H2. The zero-order valence-electron chi connectivity index (χ0n) is 8.96. The molecule has 1 fully saturated rings. The number of carbonyl (C=O) groups is 2. The number of isocyanates is 2. The number of nitrogens with zero attached hydrogens (tertiary/aromatic N) is 4. The average Bonchev–Trinajstić information content (AvgIpc) is 2.57. The molecule has 0 bridgehead atoms. The Labute approximate surface area is 96.6 Å². The summed E-state index contributed by atoms with van der Waals surface area (Å²) in [4.78, 5) is 51.6. The first-order valence-corrected chi connectivity index (χ1v) is 4.87. The molecule has 3 amide bonds. The molecule has 0 spiro atoms. The fraction of sp³-hybridized carbons (Fsp3) is 0.556. The minimum Gasteiger partial charge on any atom is -0.313 e. The van der Waals surface area contributed by atoms with Crippen molar-refractivity contribution in [1.29, 1.82) is 0 Å². The van der Waals surface area contributed by atoms with Gasteiger partial charge in [0.25, 0.3) is 0 Å². The first-order valence-electron chi connectivity index (χ1n) is 4.87. The predicted molar refractivity (Wildman–Crippen MR) is 54.7 cm³/mol. The van der Waals surface area contributed by atoms with Gasteiger partial charge in [0.15, 0.2) is 0 Å². The van der Waals surface area contributed by atoms with E-state index in [0.717, 1.165) is 4.90 Å². The summed E-state index contributed by atoms with van der Waals surface area (Å²) < 4.78 is 0. The molecule has 1 aliphatic rings. The van der Waals surface area contributed by atoms with Gasteiger partial charge in [0.2, 0.25) is 18.1 Å². The highest BCUT2D eigenvalue weighted by Gasteiger charge is 2.34. The van der Waals surface area contributed by atoms with Gasteiger partial charge in [-0.25, -0.2) is 24.4 Å². The van der Waals surface area contributed by atoms with Crippen LogP contribution in [0.4, 0.5) is 4.79 Å². The zero-order valence-corrected chi connectivity index (χ0v) is 8.96. The molecule has 1 saturated heterocycles. The molecule has 0 atom stereocenters. The van der Waals surface area contributed by atoms with Gasteiger partial charge in [-0.1, -0.05) is 0 Å². The van der Waals surface area contributed by atoms with Crippen molar-refractivity contribution in [2.75, 3.05) is 32.7 Å². The van der Waals surface area contributed by atoms with Crippen LogP contribution in [-0.4, -0.2) is 66.6 Å². The number of rotatable bonds is 6. The number of amides is 3. The number of hydrogen-bond donors (Lipinski definition) is 0. The maximum atomic E-state index is 11.7. The third-order valence-corrected chi connectivity index (χ3v) is 2.17. The van der Waals surface area contributed by atoms with E-state index in [1.54, 1.807) is 0 Å². The molecule has 8 heteroatoms. The van der Waals surface area contributed by atoms with Crippen LogP contribution in [0.2, 0.25) is 0 Å². The molecule has 0 N–H and O–H groups in total. The summed E-state index contributed by atoms with van der Waals surface area (Å²) in [5.74, 6) is -0.355. The number of urea groups is 1. The minimum absolute atomic E-state index is 0.0430. The number of carbonyl (C=O) groups excluding carboxylic acids is 4. The molecule has 0 aromatic heterocycles. The molecular weight excluding hydrogens is 228 g/mol. The van der Waals surface area contributed by atoms with Gasteiger partial charge in [-0.15, -0.1) is 0 Å². The number of hydrogen-bond acceptors (Lipinski definition) is 6. The Hall–Kier alpha value is -2.30. The van der Waals surface area contributed by atoms with E-state index in [2.05, 4.69) is 9.98 Å². The Kier molecular flexibility index (Phi) is 4.75. The van der Waals surface area contributed by atoms with E-state index in [1.807, 2.05) is 0 Å². The fourth-order valence-electron chi connectivity index (χ4n) is 1.40. The monoisotopic (exact) mass is 238 g/mol. The van der Waals surface area contributed by atoms with E-state index in [9.17, 15) is 19.2 Å². The summed E-state index contributed by atoms with van der Waals surface area (Å²) in [6.07, 6.45) is 2.68. The van der Waals surface area contributed by atoms with Crippen LogP contribution >= 0.6 is 0 Å². The second-order valence-electron chi connectivity index (χ2n) is 3.20. The molecule has 8 nitrogen and oxygen atoms in total. The van der Waals surface area contributed by atoms with Crippen LogP contribution in [0.5, 0.6) is 0 Å². The van der Waals surface area contributed by atoms with E-state index < -0.39 is 6.03 Å². The largest absolute Gasteiger partial charge is 0.327 e. The zero-order chi connectivity index (χ0) is 12.7. The first-order chi connectivity index (χ1) is 8.20. The molecule has 0 saturated carbocycles. The lowest BCUT2D eigenvalue weighted by atomic mass is 10.5. The second kappa shape index (κ2) is 6.32. The van der Waals surface area contributed by atoms with Gasteiger partial charge in [-0.3, -0.25) is 9.69 Å². The molecule has 0 aromatic carbocycles. The fourth-order valence-corrected chi connectivity index (χ4v) is 1.40. The van der Waals surface area contributed by atoms with Crippen molar-refractivity contribution in [3.63, 3.8) is 0 Å². The lowest BCUT2D eigenvalue weighted by Gasteiger charge is -2.14. The first kappa shape index (κ1) is 12.8. The van der Waals surface area contributed by atoms with Crippen molar-refractivity contribution in [1.82, 2.24) is 9.80 Å². The van der Waals surface area contributed by atoms with Gasteiger partial charge in [0.1, 0.15) is 6.54 Å². The Bertz CT molecular complexity index is 409. The average molecular weight is 238 g/mol. The molecule has 1 aliphatic heterocycles. The topological polar surface area (TPSA) is 99.5 Å².